The van der Waals surface area contributed by atoms with Crippen molar-refractivity contribution < 1.29 is 9.32 Å². The SMILES string of the molecule is O=C(CCc1nc(-c2cccs2)no1)Nc1ccccc1-n1cccn1. The van der Waals surface area contributed by atoms with Crippen molar-refractivity contribution in [2.75, 3.05) is 5.32 Å². The number of nitrogens with zero attached hydrogens (tertiary/aromatic N) is 4. The number of amides is 1. The molecule has 0 aliphatic carbocycles. The molecule has 0 saturated carbocycles. The van der Waals surface area contributed by atoms with Crippen LogP contribution in [0.15, 0.2) is 64.8 Å². The van der Waals surface area contributed by atoms with Gasteiger partial charge in [-0.2, -0.15) is 10.1 Å². The molecule has 4 rings (SSSR count). The van der Waals surface area contributed by atoms with Gasteiger partial charge in [0, 0.05) is 25.2 Å². The number of hydrogen-bond acceptors (Lipinski definition) is 6. The minimum Gasteiger partial charge on any atom is -0.339 e. The summed E-state index contributed by atoms with van der Waals surface area (Å²) in [6, 6.07) is 13.2. The molecule has 0 fully saturated rings. The molecule has 0 unspecified atom stereocenters. The van der Waals surface area contributed by atoms with Gasteiger partial charge in [-0.1, -0.05) is 23.4 Å². The highest BCUT2D eigenvalue weighted by atomic mass is 32.1. The molecule has 8 heteroatoms. The van der Waals surface area contributed by atoms with E-state index in [1.807, 2.05) is 54.0 Å². The molecule has 0 aliphatic heterocycles. The van der Waals surface area contributed by atoms with E-state index in [4.69, 9.17) is 4.52 Å². The number of aryl methyl sites for hydroxylation is 1. The minimum atomic E-state index is -0.125. The maximum atomic E-state index is 12.3. The van der Waals surface area contributed by atoms with Crippen molar-refractivity contribution in [3.05, 3.63) is 66.1 Å². The maximum Gasteiger partial charge on any atom is 0.227 e. The Morgan fingerprint density at radius 1 is 1.19 bits per heavy atom. The standard InChI is InChI=1S/C18H15N5O2S/c24-16(8-9-17-21-18(22-25-17)15-7-3-12-26-15)20-13-5-1-2-6-14(13)23-11-4-10-19-23/h1-7,10-12H,8-9H2,(H,20,24). The van der Waals surface area contributed by atoms with Crippen molar-refractivity contribution >= 4 is 22.9 Å². The average Bonchev–Trinajstić information content (AvgIpc) is 3.42. The van der Waals surface area contributed by atoms with Crippen LogP contribution < -0.4 is 5.32 Å². The van der Waals surface area contributed by atoms with E-state index in [9.17, 15) is 4.79 Å². The lowest BCUT2D eigenvalue weighted by Crippen LogP contribution is -2.14. The first-order valence-corrected chi connectivity index (χ1v) is 8.93. The summed E-state index contributed by atoms with van der Waals surface area (Å²) < 4.78 is 6.93. The molecule has 0 saturated heterocycles. The largest absolute Gasteiger partial charge is 0.339 e. The average molecular weight is 365 g/mol. The molecule has 0 bridgehead atoms. The second-order valence-corrected chi connectivity index (χ2v) is 6.45. The summed E-state index contributed by atoms with van der Waals surface area (Å²) >= 11 is 1.54. The summed E-state index contributed by atoms with van der Waals surface area (Å²) in [6.45, 7) is 0. The number of benzene rings is 1. The van der Waals surface area contributed by atoms with E-state index >= 15 is 0 Å². The molecule has 3 aromatic heterocycles. The monoisotopic (exact) mass is 365 g/mol. The third-order valence-electron chi connectivity index (χ3n) is 3.70. The van der Waals surface area contributed by atoms with E-state index in [1.54, 1.807) is 22.2 Å². The van der Waals surface area contributed by atoms with Crippen molar-refractivity contribution in [1.82, 2.24) is 19.9 Å². The van der Waals surface area contributed by atoms with Crippen molar-refractivity contribution in [2.45, 2.75) is 12.8 Å². The number of para-hydroxylation sites is 2. The van der Waals surface area contributed by atoms with Gasteiger partial charge in [-0.15, -0.1) is 11.3 Å². The number of carbonyl (C=O) groups is 1. The van der Waals surface area contributed by atoms with E-state index in [0.29, 0.717) is 23.8 Å². The van der Waals surface area contributed by atoms with Crippen LogP contribution in [0.1, 0.15) is 12.3 Å². The Labute approximate surface area is 153 Å². The molecule has 1 aromatic carbocycles. The lowest BCUT2D eigenvalue weighted by molar-refractivity contribution is -0.116. The van der Waals surface area contributed by atoms with Crippen molar-refractivity contribution in [3.63, 3.8) is 0 Å². The molecule has 1 N–H and O–H groups in total. The molecule has 1 amide bonds. The first kappa shape index (κ1) is 16.2. The fraction of sp³-hybridized carbons (Fsp3) is 0.111. The number of aromatic nitrogens is 4. The van der Waals surface area contributed by atoms with Gasteiger partial charge in [0.05, 0.1) is 16.3 Å². The van der Waals surface area contributed by atoms with Gasteiger partial charge in [0.15, 0.2) is 0 Å². The van der Waals surface area contributed by atoms with Gasteiger partial charge >= 0.3 is 0 Å². The highest BCUT2D eigenvalue weighted by Crippen LogP contribution is 2.22. The summed E-state index contributed by atoms with van der Waals surface area (Å²) in [5, 5.41) is 13.0. The molecular weight excluding hydrogens is 350 g/mol. The van der Waals surface area contributed by atoms with Crippen LogP contribution in [0.3, 0.4) is 0 Å². The van der Waals surface area contributed by atoms with Crippen LogP contribution in [0.2, 0.25) is 0 Å². The highest BCUT2D eigenvalue weighted by Gasteiger charge is 2.13. The van der Waals surface area contributed by atoms with Crippen LogP contribution in [0.25, 0.3) is 16.4 Å². The fourth-order valence-electron chi connectivity index (χ4n) is 2.49. The van der Waals surface area contributed by atoms with Crippen LogP contribution in [-0.2, 0) is 11.2 Å². The molecule has 0 atom stereocenters. The van der Waals surface area contributed by atoms with E-state index in [0.717, 1.165) is 10.6 Å². The predicted octanol–water partition coefficient (Wildman–Crippen LogP) is 3.56. The Morgan fingerprint density at radius 2 is 2.12 bits per heavy atom. The Hall–Kier alpha value is -3.26. The van der Waals surface area contributed by atoms with Crippen molar-refractivity contribution in [2.24, 2.45) is 0 Å². The Bertz CT molecular complexity index is 992. The van der Waals surface area contributed by atoms with Gasteiger partial charge in [-0.05, 0) is 29.6 Å². The molecule has 7 nitrogen and oxygen atoms in total. The van der Waals surface area contributed by atoms with Crippen LogP contribution >= 0.6 is 11.3 Å². The van der Waals surface area contributed by atoms with Crippen LogP contribution in [-0.4, -0.2) is 25.8 Å². The van der Waals surface area contributed by atoms with E-state index < -0.39 is 0 Å². The zero-order valence-electron chi connectivity index (χ0n) is 13.7. The van der Waals surface area contributed by atoms with Gasteiger partial charge in [0.2, 0.25) is 17.6 Å². The molecule has 0 aliphatic rings. The number of carbonyl (C=O) groups excluding carboxylic acids is 1. The third-order valence-corrected chi connectivity index (χ3v) is 4.57. The lowest BCUT2D eigenvalue weighted by atomic mass is 10.2. The molecule has 3 heterocycles. The number of nitrogens with one attached hydrogen (secondary N) is 1. The van der Waals surface area contributed by atoms with Crippen LogP contribution in [0.4, 0.5) is 5.69 Å². The first-order valence-electron chi connectivity index (χ1n) is 8.05. The fourth-order valence-corrected chi connectivity index (χ4v) is 3.14. The van der Waals surface area contributed by atoms with Crippen LogP contribution in [0.5, 0.6) is 0 Å². The van der Waals surface area contributed by atoms with Gasteiger partial charge in [-0.3, -0.25) is 4.79 Å². The Morgan fingerprint density at radius 3 is 2.92 bits per heavy atom. The molecular formula is C18H15N5O2S. The second-order valence-electron chi connectivity index (χ2n) is 5.50. The Kier molecular flexibility index (Phi) is 4.57. The minimum absolute atomic E-state index is 0.125. The first-order chi connectivity index (χ1) is 12.8. The molecule has 130 valence electrons. The quantitative estimate of drug-likeness (QED) is 0.565. The van der Waals surface area contributed by atoms with Gasteiger partial charge < -0.3 is 9.84 Å². The summed E-state index contributed by atoms with van der Waals surface area (Å²) in [5.41, 5.74) is 1.51. The summed E-state index contributed by atoms with van der Waals surface area (Å²) in [4.78, 5) is 17.6. The topological polar surface area (TPSA) is 85.8 Å². The maximum absolute atomic E-state index is 12.3. The van der Waals surface area contributed by atoms with Gasteiger partial charge in [0.25, 0.3) is 0 Å². The number of hydrogen-bond donors (Lipinski definition) is 1. The summed E-state index contributed by atoms with van der Waals surface area (Å²) in [7, 11) is 0. The number of rotatable bonds is 6. The number of thiophene rings is 1. The normalized spacial score (nSPS) is 10.8. The summed E-state index contributed by atoms with van der Waals surface area (Å²) in [6.07, 6.45) is 4.16. The highest BCUT2D eigenvalue weighted by molar-refractivity contribution is 7.13. The van der Waals surface area contributed by atoms with Gasteiger partial charge in [0.1, 0.15) is 0 Å². The van der Waals surface area contributed by atoms with Crippen molar-refractivity contribution in [1.29, 1.82) is 0 Å². The van der Waals surface area contributed by atoms with Crippen LogP contribution in [0, 0.1) is 0 Å². The second kappa shape index (κ2) is 7.32. The molecule has 0 radical (unpaired) electrons. The zero-order chi connectivity index (χ0) is 17.8. The van der Waals surface area contributed by atoms with Crippen molar-refractivity contribution in [3.8, 4) is 16.4 Å². The van der Waals surface area contributed by atoms with E-state index in [2.05, 4.69) is 20.6 Å². The summed E-state index contributed by atoms with van der Waals surface area (Å²) in [5.74, 6) is 0.879. The molecule has 4 aromatic rings. The van der Waals surface area contributed by atoms with E-state index in [-0.39, 0.29) is 12.3 Å². The molecule has 26 heavy (non-hydrogen) atoms. The Balaban J connectivity index is 1.39. The third kappa shape index (κ3) is 3.55. The smallest absolute Gasteiger partial charge is 0.227 e. The predicted molar refractivity (Wildman–Crippen MR) is 98.1 cm³/mol. The lowest BCUT2D eigenvalue weighted by Gasteiger charge is -2.10. The van der Waals surface area contributed by atoms with Gasteiger partial charge in [-0.25, -0.2) is 4.68 Å². The number of anilines is 1. The van der Waals surface area contributed by atoms with E-state index in [1.165, 1.54) is 0 Å². The molecule has 0 spiro atoms. The zero-order valence-corrected chi connectivity index (χ0v) is 14.5.